The molecule has 0 saturated heterocycles. The van der Waals surface area contributed by atoms with Crippen LogP contribution in [0.2, 0.25) is 10.0 Å². The van der Waals surface area contributed by atoms with Crippen LogP contribution in [0.1, 0.15) is 24.5 Å². The molecule has 0 spiro atoms. The van der Waals surface area contributed by atoms with Gasteiger partial charge in [-0.3, -0.25) is 10.1 Å². The zero-order valence-corrected chi connectivity index (χ0v) is 20.6. The topological polar surface area (TPSA) is 91.4 Å². The van der Waals surface area contributed by atoms with Gasteiger partial charge in [-0.1, -0.05) is 54.2 Å². The highest BCUT2D eigenvalue weighted by molar-refractivity contribution is 7.90. The van der Waals surface area contributed by atoms with Crippen molar-refractivity contribution in [2.45, 2.75) is 31.6 Å². The number of nitro benzene ring substituents is 1. The number of non-ortho nitro benzene ring substituents is 1. The van der Waals surface area contributed by atoms with Crippen LogP contribution in [-0.2, 0) is 16.4 Å². The van der Waals surface area contributed by atoms with Crippen LogP contribution in [0.25, 0.3) is 10.9 Å². The molecule has 0 amide bonds. The smallest absolute Gasteiger partial charge is 0.272 e. The summed E-state index contributed by atoms with van der Waals surface area (Å²) in [7, 11) is -3.81. The van der Waals surface area contributed by atoms with E-state index in [1.54, 1.807) is 48.7 Å². The Morgan fingerprint density at radius 2 is 1.68 bits per heavy atom. The largest absolute Gasteiger partial charge is 0.454 e. The van der Waals surface area contributed by atoms with Gasteiger partial charge in [0, 0.05) is 23.7 Å². The number of benzene rings is 3. The van der Waals surface area contributed by atoms with Gasteiger partial charge in [-0.15, -0.1) is 0 Å². The number of rotatable bonds is 7. The number of aromatic nitrogens is 1. The van der Waals surface area contributed by atoms with E-state index in [9.17, 15) is 18.5 Å². The maximum Gasteiger partial charge on any atom is 0.272 e. The molecule has 10 heteroatoms. The third-order valence-corrected chi connectivity index (χ3v) is 7.58. The second-order valence-electron chi connectivity index (χ2n) is 7.79. The number of ether oxygens (including phenoxy) is 1. The molecule has 0 radical (unpaired) electrons. The molecule has 0 fully saturated rings. The average molecular weight is 519 g/mol. The van der Waals surface area contributed by atoms with E-state index in [4.69, 9.17) is 27.9 Å². The van der Waals surface area contributed by atoms with Gasteiger partial charge in [0.25, 0.3) is 15.7 Å². The van der Waals surface area contributed by atoms with Gasteiger partial charge >= 0.3 is 0 Å². The number of hydrogen-bond acceptors (Lipinski definition) is 5. The summed E-state index contributed by atoms with van der Waals surface area (Å²) in [6.07, 6.45) is 3.11. The minimum absolute atomic E-state index is 0.00685. The highest BCUT2D eigenvalue weighted by Crippen LogP contribution is 2.40. The van der Waals surface area contributed by atoms with Gasteiger partial charge in [-0.25, -0.2) is 12.4 Å². The molecule has 0 aliphatic rings. The van der Waals surface area contributed by atoms with Crippen molar-refractivity contribution >= 4 is 49.8 Å². The third kappa shape index (κ3) is 4.49. The second kappa shape index (κ2) is 9.29. The molecule has 0 aliphatic heterocycles. The summed E-state index contributed by atoms with van der Waals surface area (Å²) in [6.45, 7) is 3.90. The molecule has 0 bridgehead atoms. The number of hydrogen-bond donors (Lipinski definition) is 0. The predicted octanol–water partition coefficient (Wildman–Crippen LogP) is 7.15. The summed E-state index contributed by atoms with van der Waals surface area (Å²) in [6, 6.07) is 14.0. The summed E-state index contributed by atoms with van der Waals surface area (Å²) in [4.78, 5) is 10.6. The Morgan fingerprint density at radius 3 is 2.26 bits per heavy atom. The number of aryl methyl sites for hydroxylation is 2. The van der Waals surface area contributed by atoms with Gasteiger partial charge in [0.05, 0.1) is 25.4 Å². The minimum atomic E-state index is -3.81. The average Bonchev–Trinajstić information content (AvgIpc) is 3.15. The molecule has 34 heavy (non-hydrogen) atoms. The van der Waals surface area contributed by atoms with Gasteiger partial charge in [0.15, 0.2) is 5.75 Å². The van der Waals surface area contributed by atoms with Crippen molar-refractivity contribution in [2.24, 2.45) is 0 Å². The van der Waals surface area contributed by atoms with E-state index in [0.29, 0.717) is 23.1 Å². The SMILES string of the molecule is CCCc1cn(S(=O)(=O)c2ccc(C)cc2)c2ccc(Oc3c(Cl)cc([N+](=O)[O-])cc3Cl)cc12. The maximum absolute atomic E-state index is 13.4. The van der Waals surface area contributed by atoms with Crippen LogP contribution in [0.3, 0.4) is 0 Å². The van der Waals surface area contributed by atoms with Crippen LogP contribution in [0.4, 0.5) is 5.69 Å². The van der Waals surface area contributed by atoms with Crippen molar-refractivity contribution in [3.8, 4) is 11.5 Å². The first-order chi connectivity index (χ1) is 16.1. The Hall–Kier alpha value is -3.07. The number of fused-ring (bicyclic) bond motifs is 1. The molecule has 0 saturated carbocycles. The lowest BCUT2D eigenvalue weighted by Crippen LogP contribution is -2.11. The molecule has 3 aromatic carbocycles. The van der Waals surface area contributed by atoms with Crippen molar-refractivity contribution in [2.75, 3.05) is 0 Å². The summed E-state index contributed by atoms with van der Waals surface area (Å²) >= 11 is 12.3. The first kappa shape index (κ1) is 24.1. The van der Waals surface area contributed by atoms with Crippen LogP contribution in [0.15, 0.2) is 65.7 Å². The molecular weight excluding hydrogens is 499 g/mol. The molecule has 4 rings (SSSR count). The molecule has 0 N–H and O–H groups in total. The monoisotopic (exact) mass is 518 g/mol. The van der Waals surface area contributed by atoms with Gasteiger partial charge in [-0.2, -0.15) is 0 Å². The van der Waals surface area contributed by atoms with E-state index in [-0.39, 0.29) is 26.4 Å². The van der Waals surface area contributed by atoms with Crippen molar-refractivity contribution < 1.29 is 18.1 Å². The molecule has 1 aromatic heterocycles. The Bertz CT molecular complexity index is 1490. The normalized spacial score (nSPS) is 11.6. The van der Waals surface area contributed by atoms with Crippen LogP contribution in [0, 0.1) is 17.0 Å². The second-order valence-corrected chi connectivity index (χ2v) is 10.4. The van der Waals surface area contributed by atoms with E-state index in [0.717, 1.165) is 29.7 Å². The van der Waals surface area contributed by atoms with Crippen molar-refractivity contribution in [1.29, 1.82) is 0 Å². The number of halogens is 2. The Morgan fingerprint density at radius 1 is 1.03 bits per heavy atom. The quantitative estimate of drug-likeness (QED) is 0.191. The predicted molar refractivity (Wildman–Crippen MR) is 133 cm³/mol. The molecular formula is C24H20Cl2N2O5S. The maximum atomic E-state index is 13.4. The van der Waals surface area contributed by atoms with E-state index >= 15 is 0 Å². The van der Waals surface area contributed by atoms with E-state index in [1.165, 1.54) is 3.97 Å². The summed E-state index contributed by atoms with van der Waals surface area (Å²) in [5.41, 5.74) is 2.08. The van der Waals surface area contributed by atoms with E-state index < -0.39 is 14.9 Å². The van der Waals surface area contributed by atoms with Crippen LogP contribution >= 0.6 is 23.2 Å². The number of nitrogens with zero attached hydrogens (tertiary/aromatic N) is 2. The fourth-order valence-corrected chi connectivity index (χ4v) is 5.61. The first-order valence-corrected chi connectivity index (χ1v) is 12.6. The minimum Gasteiger partial charge on any atom is -0.454 e. The Kier molecular flexibility index (Phi) is 6.58. The molecule has 0 aliphatic carbocycles. The summed E-state index contributed by atoms with van der Waals surface area (Å²) in [5.74, 6) is 0.449. The summed E-state index contributed by atoms with van der Waals surface area (Å²) < 4.78 is 33.9. The zero-order chi connectivity index (χ0) is 24.6. The molecule has 0 atom stereocenters. The lowest BCUT2D eigenvalue weighted by Gasteiger charge is -2.11. The Balaban J connectivity index is 1.80. The van der Waals surface area contributed by atoms with Crippen LogP contribution in [-0.4, -0.2) is 17.3 Å². The van der Waals surface area contributed by atoms with Crippen molar-refractivity contribution in [3.05, 3.63) is 92.1 Å². The highest BCUT2D eigenvalue weighted by atomic mass is 35.5. The van der Waals surface area contributed by atoms with Gasteiger partial charge in [-0.05, 0) is 49.2 Å². The lowest BCUT2D eigenvalue weighted by molar-refractivity contribution is -0.384. The summed E-state index contributed by atoms with van der Waals surface area (Å²) in [5, 5.41) is 11.7. The number of nitro groups is 1. The van der Waals surface area contributed by atoms with Gasteiger partial charge in [0.1, 0.15) is 5.75 Å². The molecule has 176 valence electrons. The Labute approximate surface area is 206 Å². The highest BCUT2D eigenvalue weighted by Gasteiger charge is 2.22. The fraction of sp³-hybridized carbons (Fsp3) is 0.167. The van der Waals surface area contributed by atoms with E-state index in [2.05, 4.69) is 0 Å². The fourth-order valence-electron chi connectivity index (χ4n) is 3.67. The standard InChI is InChI=1S/C24H20Cl2N2O5S/c1-3-4-16-14-27(34(31,32)19-8-5-15(2)6-9-19)23-10-7-18(13-20(16)23)33-24-21(25)11-17(28(29)30)12-22(24)26/h5-14H,3-4H2,1-2H3. The molecule has 4 aromatic rings. The van der Waals surface area contributed by atoms with Crippen molar-refractivity contribution in [3.63, 3.8) is 0 Å². The van der Waals surface area contributed by atoms with Crippen molar-refractivity contribution in [1.82, 2.24) is 3.97 Å². The lowest BCUT2D eigenvalue weighted by atomic mass is 10.1. The third-order valence-electron chi connectivity index (χ3n) is 5.34. The molecule has 1 heterocycles. The van der Waals surface area contributed by atoms with Gasteiger partial charge in [0.2, 0.25) is 0 Å². The first-order valence-electron chi connectivity index (χ1n) is 10.4. The van der Waals surface area contributed by atoms with Crippen LogP contribution < -0.4 is 4.74 Å². The molecule has 7 nitrogen and oxygen atoms in total. The van der Waals surface area contributed by atoms with E-state index in [1.807, 2.05) is 13.8 Å². The molecule has 0 unspecified atom stereocenters. The van der Waals surface area contributed by atoms with Crippen LogP contribution in [0.5, 0.6) is 11.5 Å². The zero-order valence-electron chi connectivity index (χ0n) is 18.3. The van der Waals surface area contributed by atoms with Gasteiger partial charge < -0.3 is 4.74 Å².